The molecule has 1 atom stereocenters. The number of hydroxylamine groups is 2. The molecule has 0 saturated carbocycles. The Kier molecular flexibility index (Phi) is 4.01. The molecule has 1 aliphatic heterocycles. The number of carbonyl (C=O) groups excluding carboxylic acids is 1. The van der Waals surface area contributed by atoms with Crippen LogP contribution in [0.4, 0.5) is 0 Å². The standard InChI is InChI=1S/C12H16N2O4/c1-17-12(16)11-8-13-6-7-14(11)18-10-4-2-9(15)3-5-10/h2-5,11,13,15H,6-8H2,1H3. The highest BCUT2D eigenvalue weighted by molar-refractivity contribution is 5.75. The van der Waals surface area contributed by atoms with Crippen molar-refractivity contribution in [3.8, 4) is 11.5 Å². The molecule has 1 aliphatic rings. The average Bonchev–Trinajstić information content (AvgIpc) is 2.41. The van der Waals surface area contributed by atoms with Gasteiger partial charge in [-0.2, -0.15) is 0 Å². The number of benzene rings is 1. The normalized spacial score (nSPS) is 20.4. The molecule has 98 valence electrons. The van der Waals surface area contributed by atoms with E-state index in [9.17, 15) is 9.90 Å². The monoisotopic (exact) mass is 252 g/mol. The first-order valence-corrected chi connectivity index (χ1v) is 5.73. The lowest BCUT2D eigenvalue weighted by atomic mass is 10.2. The van der Waals surface area contributed by atoms with Gasteiger partial charge >= 0.3 is 5.97 Å². The molecule has 1 aromatic carbocycles. The van der Waals surface area contributed by atoms with Crippen molar-refractivity contribution >= 4 is 5.97 Å². The summed E-state index contributed by atoms with van der Waals surface area (Å²) in [6.07, 6.45) is 0. The summed E-state index contributed by atoms with van der Waals surface area (Å²) in [5, 5.41) is 13.9. The first-order chi connectivity index (χ1) is 8.70. The van der Waals surface area contributed by atoms with Crippen LogP contribution in [-0.2, 0) is 9.53 Å². The zero-order chi connectivity index (χ0) is 13.0. The van der Waals surface area contributed by atoms with E-state index in [1.807, 2.05) is 0 Å². The van der Waals surface area contributed by atoms with E-state index >= 15 is 0 Å². The summed E-state index contributed by atoms with van der Waals surface area (Å²) in [6, 6.07) is 5.89. The van der Waals surface area contributed by atoms with Crippen LogP contribution in [0.15, 0.2) is 24.3 Å². The van der Waals surface area contributed by atoms with Gasteiger partial charge in [-0.25, -0.2) is 0 Å². The number of nitrogens with one attached hydrogen (secondary N) is 1. The molecule has 2 N–H and O–H groups in total. The molecule has 1 aromatic rings. The average molecular weight is 252 g/mol. The number of aromatic hydroxyl groups is 1. The predicted molar refractivity (Wildman–Crippen MR) is 64.1 cm³/mol. The number of rotatable bonds is 3. The van der Waals surface area contributed by atoms with Crippen LogP contribution in [0.3, 0.4) is 0 Å². The Hall–Kier alpha value is -1.79. The van der Waals surface area contributed by atoms with Crippen LogP contribution in [0, 0.1) is 0 Å². The zero-order valence-corrected chi connectivity index (χ0v) is 10.1. The van der Waals surface area contributed by atoms with Crippen LogP contribution < -0.4 is 10.2 Å². The van der Waals surface area contributed by atoms with E-state index < -0.39 is 6.04 Å². The van der Waals surface area contributed by atoms with Gasteiger partial charge < -0.3 is 20.0 Å². The Balaban J connectivity index is 2.05. The quantitative estimate of drug-likeness (QED) is 0.745. The van der Waals surface area contributed by atoms with Crippen molar-refractivity contribution in [1.82, 2.24) is 10.4 Å². The Morgan fingerprint density at radius 1 is 1.44 bits per heavy atom. The van der Waals surface area contributed by atoms with Gasteiger partial charge in [-0.05, 0) is 24.3 Å². The number of methoxy groups -OCH3 is 1. The van der Waals surface area contributed by atoms with E-state index in [2.05, 4.69) is 5.32 Å². The fourth-order valence-corrected chi connectivity index (χ4v) is 1.77. The largest absolute Gasteiger partial charge is 0.508 e. The van der Waals surface area contributed by atoms with E-state index in [-0.39, 0.29) is 11.7 Å². The van der Waals surface area contributed by atoms with Gasteiger partial charge in [0.25, 0.3) is 0 Å². The number of nitrogens with zero attached hydrogens (tertiary/aromatic N) is 1. The van der Waals surface area contributed by atoms with Gasteiger partial charge in [0.2, 0.25) is 0 Å². The number of ether oxygens (including phenoxy) is 1. The number of carbonyl (C=O) groups is 1. The highest BCUT2D eigenvalue weighted by Crippen LogP contribution is 2.18. The predicted octanol–water partition coefficient (Wildman–Crippen LogP) is 0.133. The van der Waals surface area contributed by atoms with Crippen LogP contribution >= 0.6 is 0 Å². The summed E-state index contributed by atoms with van der Waals surface area (Å²) in [5.41, 5.74) is 0. The van der Waals surface area contributed by atoms with Crippen molar-refractivity contribution in [1.29, 1.82) is 0 Å². The van der Waals surface area contributed by atoms with Gasteiger partial charge in [0.05, 0.1) is 7.11 Å². The van der Waals surface area contributed by atoms with E-state index in [1.54, 1.807) is 17.2 Å². The lowest BCUT2D eigenvalue weighted by Crippen LogP contribution is -2.56. The fraction of sp³-hybridized carbons (Fsp3) is 0.417. The molecule has 1 fully saturated rings. The van der Waals surface area contributed by atoms with Crippen LogP contribution in [0.5, 0.6) is 11.5 Å². The second-order valence-corrected chi connectivity index (χ2v) is 3.97. The molecule has 2 rings (SSSR count). The molecule has 6 heteroatoms. The van der Waals surface area contributed by atoms with Crippen molar-refractivity contribution in [3.63, 3.8) is 0 Å². The first-order valence-electron chi connectivity index (χ1n) is 5.73. The summed E-state index contributed by atoms with van der Waals surface area (Å²) in [5.74, 6) is 0.414. The van der Waals surface area contributed by atoms with Crippen molar-refractivity contribution < 1.29 is 19.5 Å². The number of esters is 1. The second-order valence-electron chi connectivity index (χ2n) is 3.97. The molecular formula is C12H16N2O4. The van der Waals surface area contributed by atoms with Crippen molar-refractivity contribution in [2.75, 3.05) is 26.7 Å². The Morgan fingerprint density at radius 2 is 2.17 bits per heavy atom. The molecule has 1 saturated heterocycles. The van der Waals surface area contributed by atoms with Crippen LogP contribution in [0.2, 0.25) is 0 Å². The lowest BCUT2D eigenvalue weighted by Gasteiger charge is -2.33. The maximum absolute atomic E-state index is 11.6. The van der Waals surface area contributed by atoms with Gasteiger partial charge in [0.1, 0.15) is 11.5 Å². The molecule has 1 unspecified atom stereocenters. The number of piperazine rings is 1. The third kappa shape index (κ3) is 2.91. The summed E-state index contributed by atoms with van der Waals surface area (Å²) < 4.78 is 4.74. The molecule has 0 aliphatic carbocycles. The maximum Gasteiger partial charge on any atom is 0.327 e. The van der Waals surface area contributed by atoms with E-state index in [4.69, 9.17) is 9.57 Å². The Morgan fingerprint density at radius 3 is 2.83 bits per heavy atom. The fourth-order valence-electron chi connectivity index (χ4n) is 1.77. The molecule has 0 radical (unpaired) electrons. The number of hydrogen-bond acceptors (Lipinski definition) is 6. The number of phenols is 1. The highest BCUT2D eigenvalue weighted by Gasteiger charge is 2.31. The third-order valence-corrected chi connectivity index (χ3v) is 2.73. The van der Waals surface area contributed by atoms with Gasteiger partial charge in [-0.1, -0.05) is 0 Å². The summed E-state index contributed by atoms with van der Waals surface area (Å²) in [6.45, 7) is 1.82. The third-order valence-electron chi connectivity index (χ3n) is 2.73. The molecule has 1 heterocycles. The molecule has 18 heavy (non-hydrogen) atoms. The topological polar surface area (TPSA) is 71.0 Å². The summed E-state index contributed by atoms with van der Waals surface area (Å²) in [4.78, 5) is 17.2. The van der Waals surface area contributed by atoms with Crippen LogP contribution in [-0.4, -0.2) is 48.9 Å². The van der Waals surface area contributed by atoms with E-state index in [1.165, 1.54) is 19.2 Å². The Labute approximate surface area is 105 Å². The highest BCUT2D eigenvalue weighted by atomic mass is 16.7. The molecule has 0 amide bonds. The minimum absolute atomic E-state index is 0.173. The summed E-state index contributed by atoms with van der Waals surface area (Å²) >= 11 is 0. The number of phenolic OH excluding ortho intramolecular Hbond substituents is 1. The first kappa shape index (κ1) is 12.7. The number of hydrogen-bond donors (Lipinski definition) is 2. The minimum atomic E-state index is -0.461. The Bertz CT molecular complexity index is 407. The lowest BCUT2D eigenvalue weighted by molar-refractivity contribution is -0.167. The van der Waals surface area contributed by atoms with E-state index in [0.29, 0.717) is 18.8 Å². The van der Waals surface area contributed by atoms with Gasteiger partial charge in [-0.3, -0.25) is 4.79 Å². The van der Waals surface area contributed by atoms with Crippen LogP contribution in [0.25, 0.3) is 0 Å². The molecule has 0 bridgehead atoms. The van der Waals surface area contributed by atoms with Gasteiger partial charge in [-0.15, -0.1) is 5.06 Å². The van der Waals surface area contributed by atoms with Gasteiger partial charge in [0, 0.05) is 19.6 Å². The smallest absolute Gasteiger partial charge is 0.327 e. The van der Waals surface area contributed by atoms with E-state index in [0.717, 1.165) is 6.54 Å². The van der Waals surface area contributed by atoms with Crippen molar-refractivity contribution in [2.24, 2.45) is 0 Å². The SMILES string of the molecule is COC(=O)C1CNCCN1Oc1ccc(O)cc1. The van der Waals surface area contributed by atoms with Crippen molar-refractivity contribution in [3.05, 3.63) is 24.3 Å². The summed E-state index contributed by atoms with van der Waals surface area (Å²) in [7, 11) is 1.36. The van der Waals surface area contributed by atoms with Gasteiger partial charge in [0.15, 0.2) is 6.04 Å². The molecule has 0 aromatic heterocycles. The maximum atomic E-state index is 11.6. The second kappa shape index (κ2) is 5.70. The molecular weight excluding hydrogens is 236 g/mol. The zero-order valence-electron chi connectivity index (χ0n) is 10.1. The van der Waals surface area contributed by atoms with Crippen LogP contribution in [0.1, 0.15) is 0 Å². The van der Waals surface area contributed by atoms with Crippen molar-refractivity contribution in [2.45, 2.75) is 6.04 Å². The minimum Gasteiger partial charge on any atom is -0.508 e. The molecule has 6 nitrogen and oxygen atoms in total. The molecule has 0 spiro atoms.